The molecule has 0 saturated carbocycles. The molecule has 3 nitrogen and oxygen atoms in total. The van der Waals surface area contributed by atoms with Gasteiger partial charge < -0.3 is 11.1 Å². The minimum absolute atomic E-state index is 0.0626. The number of hydrogen-bond donors (Lipinski definition) is 2. The smallest absolute Gasteiger partial charge is 0.252 e. The molecule has 0 fully saturated rings. The lowest BCUT2D eigenvalue weighted by Gasteiger charge is -2.06. The molecule has 0 aliphatic heterocycles. The van der Waals surface area contributed by atoms with Crippen LogP contribution in [0.25, 0.3) is 0 Å². The van der Waals surface area contributed by atoms with Crippen LogP contribution >= 0.6 is 33.9 Å². The number of hydrogen-bond acceptors (Lipinski definition) is 3. The highest BCUT2D eigenvalue weighted by molar-refractivity contribution is 14.1. The number of carbonyl (C=O) groups excluding carboxylic acids is 1. The van der Waals surface area contributed by atoms with Crippen molar-refractivity contribution in [2.75, 3.05) is 5.73 Å². The van der Waals surface area contributed by atoms with E-state index in [1.54, 1.807) is 11.3 Å². The van der Waals surface area contributed by atoms with Crippen molar-refractivity contribution in [1.82, 2.24) is 5.32 Å². The average molecular weight is 358 g/mol. The molecule has 2 aromatic rings. The number of para-hydroxylation sites is 1. The normalized spacial score (nSPS) is 10.2. The maximum atomic E-state index is 11.8. The molecule has 17 heavy (non-hydrogen) atoms. The summed E-state index contributed by atoms with van der Waals surface area (Å²) in [6.45, 7) is 0.456. The molecule has 3 N–H and O–H groups in total. The second-order valence-electron chi connectivity index (χ2n) is 3.52. The van der Waals surface area contributed by atoms with Crippen LogP contribution < -0.4 is 11.1 Å². The number of nitrogens with one attached hydrogen (secondary N) is 1. The van der Waals surface area contributed by atoms with E-state index >= 15 is 0 Å². The first-order valence-corrected chi connectivity index (χ1v) is 6.98. The van der Waals surface area contributed by atoms with Crippen molar-refractivity contribution in [3.05, 3.63) is 49.7 Å². The van der Waals surface area contributed by atoms with Crippen LogP contribution in [0.3, 0.4) is 0 Å². The average Bonchev–Trinajstić information content (AvgIpc) is 2.74. The second kappa shape index (κ2) is 5.50. The van der Waals surface area contributed by atoms with Crippen molar-refractivity contribution in [3.8, 4) is 0 Å². The van der Waals surface area contributed by atoms with Crippen LogP contribution in [0.15, 0.2) is 35.7 Å². The molecule has 0 aliphatic rings. The Balaban J connectivity index is 1.99. The Morgan fingerprint density at radius 2 is 2.18 bits per heavy atom. The van der Waals surface area contributed by atoms with Gasteiger partial charge in [0, 0.05) is 17.6 Å². The molecule has 0 saturated heterocycles. The Hall–Kier alpha value is -1.08. The fourth-order valence-corrected chi connectivity index (χ4v) is 2.73. The summed E-state index contributed by atoms with van der Waals surface area (Å²) in [6, 6.07) is 9.39. The fraction of sp³-hybridized carbons (Fsp3) is 0.0833. The number of halogens is 1. The van der Waals surface area contributed by atoms with E-state index < -0.39 is 0 Å². The van der Waals surface area contributed by atoms with Gasteiger partial charge in [-0.05, 0) is 40.3 Å². The van der Waals surface area contributed by atoms with Gasteiger partial charge in [-0.25, -0.2) is 0 Å². The third-order valence-corrected chi connectivity index (χ3v) is 4.11. The van der Waals surface area contributed by atoms with Gasteiger partial charge in [-0.15, -0.1) is 11.3 Å². The summed E-state index contributed by atoms with van der Waals surface area (Å²) in [7, 11) is 0. The van der Waals surface area contributed by atoms with Crippen molar-refractivity contribution >= 4 is 45.5 Å². The Morgan fingerprint density at radius 3 is 2.82 bits per heavy atom. The first kappa shape index (κ1) is 12.4. The van der Waals surface area contributed by atoms with Crippen molar-refractivity contribution in [2.24, 2.45) is 0 Å². The Morgan fingerprint density at radius 1 is 1.41 bits per heavy atom. The number of rotatable bonds is 3. The minimum atomic E-state index is -0.0626. The number of benzene rings is 1. The molecule has 0 aliphatic carbocycles. The van der Waals surface area contributed by atoms with Crippen LogP contribution in [-0.2, 0) is 6.54 Å². The van der Waals surface area contributed by atoms with Gasteiger partial charge in [0.15, 0.2) is 0 Å². The maximum Gasteiger partial charge on any atom is 0.252 e. The van der Waals surface area contributed by atoms with Crippen molar-refractivity contribution < 1.29 is 4.79 Å². The number of nitrogen functional groups attached to an aromatic ring is 1. The van der Waals surface area contributed by atoms with Crippen LogP contribution in [0.2, 0.25) is 0 Å². The van der Waals surface area contributed by atoms with Crippen molar-refractivity contribution in [2.45, 2.75) is 6.54 Å². The van der Waals surface area contributed by atoms with Crippen molar-refractivity contribution in [3.63, 3.8) is 0 Å². The summed E-state index contributed by atoms with van der Waals surface area (Å²) < 4.78 is 1.10. The number of thiophene rings is 1. The second-order valence-corrected chi connectivity index (χ2v) is 6.33. The molecule has 1 aromatic heterocycles. The molecule has 1 aromatic carbocycles. The van der Waals surface area contributed by atoms with Gasteiger partial charge >= 0.3 is 0 Å². The largest absolute Gasteiger partial charge is 0.398 e. The van der Waals surface area contributed by atoms with E-state index in [-0.39, 0.29) is 5.91 Å². The standard InChI is InChI=1S/C12H11IN2OS/c13-11-5-9(7-17-11)12(16)15-6-8-3-1-2-4-10(8)14/h1-5,7H,6,14H2,(H,15,16). The number of amides is 1. The van der Waals surface area contributed by atoms with E-state index in [2.05, 4.69) is 27.9 Å². The lowest BCUT2D eigenvalue weighted by molar-refractivity contribution is 0.0951. The lowest BCUT2D eigenvalue weighted by atomic mass is 10.2. The van der Waals surface area contributed by atoms with Crippen LogP contribution in [0.1, 0.15) is 15.9 Å². The highest BCUT2D eigenvalue weighted by Gasteiger charge is 2.07. The zero-order valence-corrected chi connectivity index (χ0v) is 11.9. The third-order valence-electron chi connectivity index (χ3n) is 2.32. The van der Waals surface area contributed by atoms with Gasteiger partial charge in [0.05, 0.1) is 8.45 Å². The van der Waals surface area contributed by atoms with Gasteiger partial charge in [-0.3, -0.25) is 4.79 Å². The molecular weight excluding hydrogens is 347 g/mol. The number of anilines is 1. The van der Waals surface area contributed by atoms with Crippen LogP contribution in [0.5, 0.6) is 0 Å². The first-order chi connectivity index (χ1) is 8.16. The molecular formula is C12H11IN2OS. The Labute approximate surface area is 117 Å². The minimum Gasteiger partial charge on any atom is -0.398 e. The molecule has 0 radical (unpaired) electrons. The fourth-order valence-electron chi connectivity index (χ4n) is 1.40. The first-order valence-electron chi connectivity index (χ1n) is 5.02. The molecule has 0 atom stereocenters. The zero-order valence-electron chi connectivity index (χ0n) is 8.94. The van der Waals surface area contributed by atoms with E-state index in [4.69, 9.17) is 5.73 Å². The van der Waals surface area contributed by atoms with E-state index in [0.29, 0.717) is 17.8 Å². The predicted octanol–water partition coefficient (Wildman–Crippen LogP) is 2.86. The molecule has 5 heteroatoms. The predicted molar refractivity (Wildman–Crippen MR) is 79.1 cm³/mol. The molecule has 1 amide bonds. The summed E-state index contributed by atoms with van der Waals surface area (Å²) in [5, 5.41) is 4.71. The van der Waals surface area contributed by atoms with E-state index in [0.717, 1.165) is 8.45 Å². The highest BCUT2D eigenvalue weighted by atomic mass is 127. The van der Waals surface area contributed by atoms with Crippen LogP contribution in [0, 0.1) is 2.88 Å². The van der Waals surface area contributed by atoms with E-state index in [9.17, 15) is 4.79 Å². The quantitative estimate of drug-likeness (QED) is 0.655. The van der Waals surface area contributed by atoms with Crippen LogP contribution in [-0.4, -0.2) is 5.91 Å². The third kappa shape index (κ3) is 3.19. The van der Waals surface area contributed by atoms with E-state index in [1.807, 2.05) is 35.7 Å². The Bertz CT molecular complexity index is 539. The molecule has 0 bridgehead atoms. The summed E-state index contributed by atoms with van der Waals surface area (Å²) >= 11 is 3.76. The monoisotopic (exact) mass is 358 g/mol. The summed E-state index contributed by atoms with van der Waals surface area (Å²) in [4.78, 5) is 11.8. The molecule has 0 spiro atoms. The summed E-state index contributed by atoms with van der Waals surface area (Å²) in [6.07, 6.45) is 0. The highest BCUT2D eigenvalue weighted by Crippen LogP contribution is 2.17. The summed E-state index contributed by atoms with van der Waals surface area (Å²) in [5.41, 5.74) is 8.14. The molecule has 1 heterocycles. The van der Waals surface area contributed by atoms with Gasteiger partial charge in [0.25, 0.3) is 5.91 Å². The van der Waals surface area contributed by atoms with E-state index in [1.165, 1.54) is 0 Å². The zero-order chi connectivity index (χ0) is 12.3. The van der Waals surface area contributed by atoms with Gasteiger partial charge in [0.2, 0.25) is 0 Å². The molecule has 2 rings (SSSR count). The molecule has 0 unspecified atom stereocenters. The van der Waals surface area contributed by atoms with Gasteiger partial charge in [-0.1, -0.05) is 18.2 Å². The number of carbonyl (C=O) groups is 1. The van der Waals surface area contributed by atoms with Crippen molar-refractivity contribution in [1.29, 1.82) is 0 Å². The SMILES string of the molecule is Nc1ccccc1CNC(=O)c1csc(I)c1. The van der Waals surface area contributed by atoms with Gasteiger partial charge in [0.1, 0.15) is 0 Å². The van der Waals surface area contributed by atoms with Crippen LogP contribution in [0.4, 0.5) is 5.69 Å². The topological polar surface area (TPSA) is 55.1 Å². The lowest BCUT2D eigenvalue weighted by Crippen LogP contribution is -2.22. The maximum absolute atomic E-state index is 11.8. The number of nitrogens with two attached hydrogens (primary N) is 1. The Kier molecular flexibility index (Phi) is 4.01. The van der Waals surface area contributed by atoms with Gasteiger partial charge in [-0.2, -0.15) is 0 Å². The summed E-state index contributed by atoms with van der Waals surface area (Å²) in [5.74, 6) is -0.0626. The molecule has 88 valence electrons.